The van der Waals surface area contributed by atoms with Gasteiger partial charge >= 0.3 is 0 Å². The van der Waals surface area contributed by atoms with Crippen LogP contribution in [0.4, 0.5) is 0 Å². The molecule has 1 atom stereocenters. The van der Waals surface area contributed by atoms with Crippen LogP contribution in [0.5, 0.6) is 0 Å². The Hall–Kier alpha value is -1.34. The molecular formula is C12H13BrN2O. The topological polar surface area (TPSA) is 52.9 Å². The Balaban J connectivity index is 2.63. The smallest absolute Gasteiger partial charge is 0.251 e. The zero-order chi connectivity index (χ0) is 12.0. The minimum Gasteiger partial charge on any atom is -0.352 e. The molecule has 1 N–H and O–H groups in total. The predicted molar refractivity (Wildman–Crippen MR) is 66.4 cm³/mol. The second-order valence-electron chi connectivity index (χ2n) is 3.66. The van der Waals surface area contributed by atoms with E-state index in [-0.39, 0.29) is 5.91 Å². The Morgan fingerprint density at radius 1 is 1.62 bits per heavy atom. The molecule has 16 heavy (non-hydrogen) atoms. The fourth-order valence-electron chi connectivity index (χ4n) is 1.15. The minimum absolute atomic E-state index is 0.134. The van der Waals surface area contributed by atoms with E-state index in [2.05, 4.69) is 21.2 Å². The van der Waals surface area contributed by atoms with Crippen LogP contribution in [0.1, 0.15) is 22.8 Å². The van der Waals surface area contributed by atoms with E-state index < -0.39 is 0 Å². The molecule has 1 unspecified atom stereocenters. The van der Waals surface area contributed by atoms with Crippen LogP contribution in [-0.2, 0) is 0 Å². The van der Waals surface area contributed by atoms with E-state index in [0.717, 1.165) is 5.33 Å². The summed E-state index contributed by atoms with van der Waals surface area (Å²) in [6.07, 6.45) is 0. The number of halogens is 1. The molecule has 0 aliphatic rings. The highest BCUT2D eigenvalue weighted by atomic mass is 79.9. The Labute approximate surface area is 104 Å². The van der Waals surface area contributed by atoms with E-state index in [9.17, 15) is 4.79 Å². The normalized spacial score (nSPS) is 11.6. The van der Waals surface area contributed by atoms with Gasteiger partial charge < -0.3 is 5.32 Å². The third kappa shape index (κ3) is 3.67. The first-order valence-electron chi connectivity index (χ1n) is 5.01. The van der Waals surface area contributed by atoms with Crippen molar-refractivity contribution in [3.05, 3.63) is 35.4 Å². The summed E-state index contributed by atoms with van der Waals surface area (Å²) in [7, 11) is 0. The van der Waals surface area contributed by atoms with Gasteiger partial charge in [-0.1, -0.05) is 28.9 Å². The number of hydrogen-bond acceptors (Lipinski definition) is 2. The van der Waals surface area contributed by atoms with Crippen LogP contribution in [0.3, 0.4) is 0 Å². The number of nitriles is 1. The van der Waals surface area contributed by atoms with Crippen molar-refractivity contribution >= 4 is 21.8 Å². The maximum absolute atomic E-state index is 11.7. The van der Waals surface area contributed by atoms with Gasteiger partial charge in [0, 0.05) is 17.4 Å². The van der Waals surface area contributed by atoms with Gasteiger partial charge in [-0.3, -0.25) is 4.79 Å². The first-order valence-corrected chi connectivity index (χ1v) is 6.14. The molecule has 0 aliphatic heterocycles. The first-order chi connectivity index (χ1) is 7.67. The van der Waals surface area contributed by atoms with Crippen molar-refractivity contribution in [3.63, 3.8) is 0 Å². The second-order valence-corrected chi connectivity index (χ2v) is 4.31. The standard InChI is InChI=1S/C12H13BrN2O/c1-9(6-13)8-15-12(16)11-4-2-3-10(5-11)7-14/h2-5,9H,6,8H2,1H3,(H,15,16). The minimum atomic E-state index is -0.134. The van der Waals surface area contributed by atoms with Crippen molar-refractivity contribution in [3.8, 4) is 6.07 Å². The summed E-state index contributed by atoms with van der Waals surface area (Å²) < 4.78 is 0. The zero-order valence-corrected chi connectivity index (χ0v) is 10.6. The quantitative estimate of drug-likeness (QED) is 0.861. The molecule has 0 aliphatic carbocycles. The molecule has 0 bridgehead atoms. The molecule has 1 aromatic rings. The van der Waals surface area contributed by atoms with Crippen LogP contribution < -0.4 is 5.32 Å². The van der Waals surface area contributed by atoms with E-state index in [0.29, 0.717) is 23.6 Å². The monoisotopic (exact) mass is 280 g/mol. The summed E-state index contributed by atoms with van der Waals surface area (Å²) in [6.45, 7) is 2.67. The third-order valence-electron chi connectivity index (χ3n) is 2.13. The molecule has 3 nitrogen and oxygen atoms in total. The van der Waals surface area contributed by atoms with Crippen LogP contribution >= 0.6 is 15.9 Å². The molecule has 4 heteroatoms. The SMILES string of the molecule is CC(CBr)CNC(=O)c1cccc(C#N)c1. The Kier molecular flexibility index (Phi) is 5.00. The average Bonchev–Trinajstić information content (AvgIpc) is 2.35. The van der Waals surface area contributed by atoms with E-state index >= 15 is 0 Å². The molecule has 0 radical (unpaired) electrons. The lowest BCUT2D eigenvalue weighted by Crippen LogP contribution is -2.28. The molecule has 1 rings (SSSR count). The fraction of sp³-hybridized carbons (Fsp3) is 0.333. The highest BCUT2D eigenvalue weighted by Crippen LogP contribution is 2.04. The number of hydrogen-bond donors (Lipinski definition) is 1. The van der Waals surface area contributed by atoms with E-state index in [1.807, 2.05) is 13.0 Å². The van der Waals surface area contributed by atoms with Crippen LogP contribution in [0.15, 0.2) is 24.3 Å². The number of benzene rings is 1. The molecule has 0 heterocycles. The number of rotatable bonds is 4. The van der Waals surface area contributed by atoms with Crippen LogP contribution in [0.25, 0.3) is 0 Å². The predicted octanol–water partition coefficient (Wildman–Crippen LogP) is 2.32. The Morgan fingerprint density at radius 3 is 3.00 bits per heavy atom. The van der Waals surface area contributed by atoms with E-state index in [1.54, 1.807) is 24.3 Å². The number of amides is 1. The van der Waals surface area contributed by atoms with Gasteiger partial charge in [-0.15, -0.1) is 0 Å². The van der Waals surface area contributed by atoms with Gasteiger partial charge in [0.05, 0.1) is 11.6 Å². The molecule has 0 fully saturated rings. The van der Waals surface area contributed by atoms with Crippen molar-refractivity contribution < 1.29 is 4.79 Å². The zero-order valence-electron chi connectivity index (χ0n) is 9.03. The summed E-state index contributed by atoms with van der Waals surface area (Å²) in [4.78, 5) is 11.7. The van der Waals surface area contributed by atoms with Gasteiger partial charge in [0.1, 0.15) is 0 Å². The molecule has 1 amide bonds. The maximum Gasteiger partial charge on any atom is 0.251 e. The van der Waals surface area contributed by atoms with Gasteiger partial charge in [0.25, 0.3) is 5.91 Å². The van der Waals surface area contributed by atoms with Crippen LogP contribution in [0.2, 0.25) is 0 Å². The molecule has 0 saturated heterocycles. The maximum atomic E-state index is 11.7. The van der Waals surface area contributed by atoms with E-state index in [4.69, 9.17) is 5.26 Å². The highest BCUT2D eigenvalue weighted by molar-refractivity contribution is 9.09. The van der Waals surface area contributed by atoms with Crippen molar-refractivity contribution in [2.45, 2.75) is 6.92 Å². The summed E-state index contributed by atoms with van der Waals surface area (Å²) in [6, 6.07) is 8.69. The van der Waals surface area contributed by atoms with Gasteiger partial charge in [-0.2, -0.15) is 5.26 Å². The third-order valence-corrected chi connectivity index (χ3v) is 3.23. The number of nitrogens with zero attached hydrogens (tertiary/aromatic N) is 1. The Bertz CT molecular complexity index is 412. The van der Waals surface area contributed by atoms with E-state index in [1.165, 1.54) is 0 Å². The number of nitrogens with one attached hydrogen (secondary N) is 1. The van der Waals surface area contributed by atoms with Gasteiger partial charge in [0.2, 0.25) is 0 Å². The van der Waals surface area contributed by atoms with Gasteiger partial charge in [-0.05, 0) is 24.1 Å². The van der Waals surface area contributed by atoms with Crippen molar-refractivity contribution in [2.75, 3.05) is 11.9 Å². The molecule has 84 valence electrons. The van der Waals surface area contributed by atoms with Crippen molar-refractivity contribution in [2.24, 2.45) is 5.92 Å². The summed E-state index contributed by atoms with van der Waals surface area (Å²) >= 11 is 3.35. The molecule has 1 aromatic carbocycles. The molecular weight excluding hydrogens is 268 g/mol. The summed E-state index contributed by atoms with van der Waals surface area (Å²) in [5.74, 6) is 0.257. The summed E-state index contributed by atoms with van der Waals surface area (Å²) in [5, 5.41) is 12.4. The lowest BCUT2D eigenvalue weighted by Gasteiger charge is -2.09. The first kappa shape index (κ1) is 12.7. The van der Waals surface area contributed by atoms with Crippen molar-refractivity contribution in [1.29, 1.82) is 5.26 Å². The fourth-order valence-corrected chi connectivity index (χ4v) is 1.38. The lowest BCUT2D eigenvalue weighted by atomic mass is 10.1. The van der Waals surface area contributed by atoms with Crippen LogP contribution in [0, 0.1) is 17.2 Å². The second kappa shape index (κ2) is 6.29. The average molecular weight is 281 g/mol. The number of carbonyl (C=O) groups excluding carboxylic acids is 1. The Morgan fingerprint density at radius 2 is 2.38 bits per heavy atom. The lowest BCUT2D eigenvalue weighted by molar-refractivity contribution is 0.0949. The van der Waals surface area contributed by atoms with Crippen LogP contribution in [-0.4, -0.2) is 17.8 Å². The van der Waals surface area contributed by atoms with Gasteiger partial charge in [-0.25, -0.2) is 0 Å². The van der Waals surface area contributed by atoms with Crippen molar-refractivity contribution in [1.82, 2.24) is 5.32 Å². The molecule has 0 aromatic heterocycles. The number of carbonyl (C=O) groups is 1. The molecule has 0 saturated carbocycles. The number of alkyl halides is 1. The summed E-state index contributed by atoms with van der Waals surface area (Å²) in [5.41, 5.74) is 1.03. The molecule has 0 spiro atoms. The largest absolute Gasteiger partial charge is 0.352 e. The van der Waals surface area contributed by atoms with Gasteiger partial charge in [0.15, 0.2) is 0 Å². The highest BCUT2D eigenvalue weighted by Gasteiger charge is 2.07.